The number of carbonyl (C=O) groups excluding carboxylic acids is 1. The summed E-state index contributed by atoms with van der Waals surface area (Å²) in [6.07, 6.45) is 1.64. The first-order valence-electron chi connectivity index (χ1n) is 6.19. The normalized spacial score (nSPS) is 10.9. The number of aromatic amines is 1. The minimum absolute atomic E-state index is 0.0844. The smallest absolute Gasteiger partial charge is 0.358 e. The highest BCUT2D eigenvalue weighted by Crippen LogP contribution is 2.33. The summed E-state index contributed by atoms with van der Waals surface area (Å²) in [6.45, 7) is 0. The van der Waals surface area contributed by atoms with Gasteiger partial charge in [-0.3, -0.25) is 5.10 Å². The molecule has 2 aromatic heterocycles. The maximum absolute atomic E-state index is 14.4. The second-order valence-electron chi connectivity index (χ2n) is 4.51. The third kappa shape index (κ3) is 2.15. The molecule has 2 heterocycles. The molecular formula is C14H10ClFN4O2. The van der Waals surface area contributed by atoms with Crippen LogP contribution < -0.4 is 5.73 Å². The van der Waals surface area contributed by atoms with E-state index in [1.807, 2.05) is 0 Å². The van der Waals surface area contributed by atoms with Crippen LogP contribution in [0.25, 0.3) is 22.2 Å². The maximum atomic E-state index is 14.4. The number of aromatic nitrogens is 3. The summed E-state index contributed by atoms with van der Waals surface area (Å²) in [5.41, 5.74) is 6.10. The number of methoxy groups -OCH3 is 1. The molecule has 0 bridgehead atoms. The van der Waals surface area contributed by atoms with E-state index in [0.717, 1.165) is 5.39 Å². The first kappa shape index (κ1) is 14.3. The van der Waals surface area contributed by atoms with Crippen LogP contribution in [0.3, 0.4) is 0 Å². The predicted octanol–water partition coefficient (Wildman–Crippen LogP) is 2.79. The minimum atomic E-state index is -0.795. The van der Waals surface area contributed by atoms with Crippen LogP contribution in [0.2, 0.25) is 5.02 Å². The Balaban J connectivity index is 2.25. The molecule has 0 amide bonds. The number of halogens is 2. The van der Waals surface area contributed by atoms with Crippen molar-refractivity contribution in [3.63, 3.8) is 0 Å². The number of anilines is 1. The van der Waals surface area contributed by atoms with Gasteiger partial charge in [0.05, 0.1) is 29.5 Å². The number of fused-ring (bicyclic) bond motifs is 1. The zero-order valence-corrected chi connectivity index (χ0v) is 12.1. The molecular weight excluding hydrogens is 311 g/mol. The summed E-state index contributed by atoms with van der Waals surface area (Å²) in [4.78, 5) is 15.7. The number of rotatable bonds is 2. The molecule has 0 aliphatic heterocycles. The van der Waals surface area contributed by atoms with E-state index >= 15 is 0 Å². The topological polar surface area (TPSA) is 93.9 Å². The highest BCUT2D eigenvalue weighted by Gasteiger charge is 2.22. The molecule has 3 aromatic rings. The Kier molecular flexibility index (Phi) is 3.42. The molecule has 22 heavy (non-hydrogen) atoms. The lowest BCUT2D eigenvalue weighted by Crippen LogP contribution is -2.10. The van der Waals surface area contributed by atoms with Gasteiger partial charge in [0.15, 0.2) is 11.5 Å². The van der Waals surface area contributed by atoms with Crippen molar-refractivity contribution in [2.24, 2.45) is 0 Å². The van der Waals surface area contributed by atoms with Gasteiger partial charge >= 0.3 is 5.97 Å². The molecule has 112 valence electrons. The van der Waals surface area contributed by atoms with Crippen LogP contribution in [-0.2, 0) is 4.74 Å². The van der Waals surface area contributed by atoms with Crippen molar-refractivity contribution >= 4 is 34.2 Å². The number of nitrogens with zero attached hydrogens (tertiary/aromatic N) is 2. The molecule has 8 heteroatoms. The second kappa shape index (κ2) is 5.27. The van der Waals surface area contributed by atoms with Crippen LogP contribution in [0.5, 0.6) is 0 Å². The fraction of sp³-hybridized carbons (Fsp3) is 0.0714. The number of H-pyrrole nitrogens is 1. The van der Waals surface area contributed by atoms with Gasteiger partial charge in [-0.15, -0.1) is 0 Å². The van der Waals surface area contributed by atoms with Crippen molar-refractivity contribution in [2.75, 3.05) is 12.8 Å². The van der Waals surface area contributed by atoms with Gasteiger partial charge in [-0.05, 0) is 6.07 Å². The van der Waals surface area contributed by atoms with E-state index in [0.29, 0.717) is 11.1 Å². The molecule has 1 aromatic carbocycles. The van der Waals surface area contributed by atoms with Crippen LogP contribution >= 0.6 is 11.6 Å². The number of nitrogens with two attached hydrogens (primary N) is 1. The van der Waals surface area contributed by atoms with E-state index in [1.54, 1.807) is 24.4 Å². The van der Waals surface area contributed by atoms with E-state index in [-0.39, 0.29) is 22.1 Å². The van der Waals surface area contributed by atoms with Crippen molar-refractivity contribution in [1.29, 1.82) is 0 Å². The summed E-state index contributed by atoms with van der Waals surface area (Å²) in [5, 5.41) is 7.26. The minimum Gasteiger partial charge on any atom is -0.464 e. The number of nitrogens with one attached hydrogen (secondary N) is 1. The Hall–Kier alpha value is -2.67. The zero-order valence-electron chi connectivity index (χ0n) is 11.4. The lowest BCUT2D eigenvalue weighted by atomic mass is 10.1. The first-order valence-corrected chi connectivity index (χ1v) is 6.57. The lowest BCUT2D eigenvalue weighted by molar-refractivity contribution is 0.0594. The Bertz CT molecular complexity index is 894. The molecule has 0 radical (unpaired) electrons. The van der Waals surface area contributed by atoms with Gasteiger partial charge in [0.1, 0.15) is 5.69 Å². The van der Waals surface area contributed by atoms with Crippen LogP contribution in [-0.4, -0.2) is 28.3 Å². The first-order chi connectivity index (χ1) is 10.5. The number of carbonyl (C=O) groups is 1. The maximum Gasteiger partial charge on any atom is 0.358 e. The molecule has 0 unspecified atom stereocenters. The second-order valence-corrected chi connectivity index (χ2v) is 4.89. The molecule has 0 saturated heterocycles. The van der Waals surface area contributed by atoms with Gasteiger partial charge in [-0.2, -0.15) is 5.10 Å². The van der Waals surface area contributed by atoms with Crippen molar-refractivity contribution < 1.29 is 13.9 Å². The molecule has 0 saturated carbocycles. The van der Waals surface area contributed by atoms with E-state index in [2.05, 4.69) is 19.9 Å². The van der Waals surface area contributed by atoms with Crippen molar-refractivity contribution in [3.05, 3.63) is 40.9 Å². The third-order valence-corrected chi connectivity index (χ3v) is 3.59. The molecule has 0 spiro atoms. The average molecular weight is 321 g/mol. The third-order valence-electron chi connectivity index (χ3n) is 3.21. The van der Waals surface area contributed by atoms with E-state index in [1.165, 1.54) is 7.11 Å². The van der Waals surface area contributed by atoms with Gasteiger partial charge in [0.2, 0.25) is 0 Å². The highest BCUT2D eigenvalue weighted by atomic mass is 35.5. The summed E-state index contributed by atoms with van der Waals surface area (Å²) in [7, 11) is 1.18. The van der Waals surface area contributed by atoms with Crippen LogP contribution in [0.1, 0.15) is 10.5 Å². The molecule has 3 rings (SSSR count). The number of ether oxygens (including phenoxy) is 1. The Morgan fingerprint density at radius 3 is 2.95 bits per heavy atom. The van der Waals surface area contributed by atoms with E-state index in [4.69, 9.17) is 17.3 Å². The number of esters is 1. The van der Waals surface area contributed by atoms with Crippen molar-refractivity contribution in [1.82, 2.24) is 15.2 Å². The quantitative estimate of drug-likeness (QED) is 0.708. The van der Waals surface area contributed by atoms with Crippen LogP contribution in [0, 0.1) is 5.82 Å². The average Bonchev–Trinajstić information content (AvgIpc) is 2.99. The van der Waals surface area contributed by atoms with Crippen LogP contribution in [0.15, 0.2) is 24.4 Å². The van der Waals surface area contributed by atoms with Gasteiger partial charge in [0.25, 0.3) is 0 Å². The Labute approximate surface area is 129 Å². The summed E-state index contributed by atoms with van der Waals surface area (Å²) in [6, 6.07) is 5.05. The Morgan fingerprint density at radius 1 is 1.45 bits per heavy atom. The Morgan fingerprint density at radius 2 is 2.23 bits per heavy atom. The van der Waals surface area contributed by atoms with Crippen molar-refractivity contribution in [3.8, 4) is 11.3 Å². The van der Waals surface area contributed by atoms with Crippen molar-refractivity contribution in [2.45, 2.75) is 0 Å². The van der Waals surface area contributed by atoms with Crippen LogP contribution in [0.4, 0.5) is 10.1 Å². The predicted molar refractivity (Wildman–Crippen MR) is 80.0 cm³/mol. The molecule has 6 nitrogen and oxygen atoms in total. The fourth-order valence-corrected chi connectivity index (χ4v) is 2.27. The number of pyridine rings is 1. The fourth-order valence-electron chi connectivity index (χ4n) is 2.07. The van der Waals surface area contributed by atoms with E-state index < -0.39 is 11.8 Å². The molecule has 0 aliphatic carbocycles. The van der Waals surface area contributed by atoms with E-state index in [9.17, 15) is 9.18 Å². The highest BCUT2D eigenvalue weighted by molar-refractivity contribution is 6.35. The number of hydrogen-bond acceptors (Lipinski definition) is 5. The largest absolute Gasteiger partial charge is 0.464 e. The SMILES string of the molecule is COC(=O)c1nc(-c2ccc3cn[nH]c3c2)c(F)c(N)c1Cl. The lowest BCUT2D eigenvalue weighted by Gasteiger charge is -2.10. The number of nitrogen functional groups attached to an aromatic ring is 1. The van der Waals surface area contributed by atoms with Gasteiger partial charge in [0, 0.05) is 10.9 Å². The molecule has 0 aliphatic rings. The standard InChI is InChI=1S/C14H10ClFN4O2/c1-22-14(21)13-9(15)11(17)10(16)12(19-13)6-2-3-7-5-18-20-8(7)4-6/h2-5H,1H3,(H2,17,19)(H,18,20). The molecule has 0 atom stereocenters. The summed E-state index contributed by atoms with van der Waals surface area (Å²) in [5.74, 6) is -1.59. The molecule has 0 fully saturated rings. The number of benzene rings is 1. The zero-order chi connectivity index (χ0) is 15.9. The van der Waals surface area contributed by atoms with Gasteiger partial charge in [-0.25, -0.2) is 14.2 Å². The summed E-state index contributed by atoms with van der Waals surface area (Å²) < 4.78 is 19.0. The van der Waals surface area contributed by atoms with Gasteiger partial charge < -0.3 is 10.5 Å². The summed E-state index contributed by atoms with van der Waals surface area (Å²) >= 11 is 5.86. The van der Waals surface area contributed by atoms with Gasteiger partial charge in [-0.1, -0.05) is 23.7 Å². The number of hydrogen-bond donors (Lipinski definition) is 2. The monoisotopic (exact) mass is 320 g/mol. The molecule has 3 N–H and O–H groups in total.